The standard InChI is InChI=1S/C30H39N2O2PS/c1-9-23(17-31-22(6)30(7,8)33)24-13-14-26(19(3)15-24)32-21(5)25-16-20(4)28-18(2)11-10-12-27(28)36-29(25)35-34/h9-15,17,20,25,29,33-35H,1,16H2,2-8H3/b23-17+,31-22+,32-21+. The Balaban J connectivity index is 1.90. The fourth-order valence-corrected chi connectivity index (χ4v) is 7.08. The van der Waals surface area contributed by atoms with Gasteiger partial charge >= 0.3 is 0 Å². The Bertz CT molecular complexity index is 1210. The van der Waals surface area contributed by atoms with Crippen molar-refractivity contribution in [2.24, 2.45) is 15.9 Å². The Morgan fingerprint density at radius 1 is 1.17 bits per heavy atom. The maximum Gasteiger partial charge on any atom is 0.0967 e. The van der Waals surface area contributed by atoms with Crippen molar-refractivity contribution < 1.29 is 10.00 Å². The van der Waals surface area contributed by atoms with E-state index in [1.165, 1.54) is 16.0 Å². The number of rotatable bonds is 7. The summed E-state index contributed by atoms with van der Waals surface area (Å²) >= 11 is 1.80. The van der Waals surface area contributed by atoms with E-state index in [1.807, 2.05) is 19.1 Å². The number of aliphatic hydroxyl groups is 1. The van der Waals surface area contributed by atoms with Gasteiger partial charge in [-0.15, -0.1) is 11.8 Å². The maximum atomic E-state index is 10.3. The van der Waals surface area contributed by atoms with Crippen LogP contribution in [-0.2, 0) is 0 Å². The van der Waals surface area contributed by atoms with Gasteiger partial charge in [-0.25, -0.2) is 0 Å². The molecule has 0 radical (unpaired) electrons. The van der Waals surface area contributed by atoms with Crippen molar-refractivity contribution in [2.45, 2.75) is 76.3 Å². The van der Waals surface area contributed by atoms with Crippen LogP contribution in [0.5, 0.6) is 0 Å². The predicted molar refractivity (Wildman–Crippen MR) is 159 cm³/mol. The first-order valence-corrected chi connectivity index (χ1v) is 14.3. The van der Waals surface area contributed by atoms with Gasteiger partial charge in [0.05, 0.1) is 16.3 Å². The predicted octanol–water partition coefficient (Wildman–Crippen LogP) is 7.98. The molecule has 1 aliphatic rings. The van der Waals surface area contributed by atoms with Crippen LogP contribution in [0.3, 0.4) is 0 Å². The van der Waals surface area contributed by atoms with Gasteiger partial charge < -0.3 is 10.00 Å². The average Bonchev–Trinajstić information content (AvgIpc) is 2.97. The Hall–Kier alpha value is -2.04. The molecule has 2 N–H and O–H groups in total. The third-order valence-corrected chi connectivity index (χ3v) is 9.52. The molecule has 1 aliphatic heterocycles. The molecular formula is C30H39N2O2PS. The van der Waals surface area contributed by atoms with Crippen molar-refractivity contribution in [3.05, 3.63) is 77.5 Å². The number of allylic oxidation sites excluding steroid dienone is 2. The number of thioether (sulfide) groups is 1. The van der Waals surface area contributed by atoms with E-state index in [-0.39, 0.29) is 19.7 Å². The van der Waals surface area contributed by atoms with Gasteiger partial charge in [0.15, 0.2) is 0 Å². The lowest BCUT2D eigenvalue weighted by molar-refractivity contribution is 0.153. The van der Waals surface area contributed by atoms with Gasteiger partial charge in [0.25, 0.3) is 0 Å². The number of nitrogens with zero attached hydrogens (tertiary/aromatic N) is 2. The van der Waals surface area contributed by atoms with Crippen LogP contribution in [0.2, 0.25) is 0 Å². The number of fused-ring (bicyclic) bond motifs is 1. The van der Waals surface area contributed by atoms with Gasteiger partial charge in [0, 0.05) is 37.2 Å². The molecule has 6 heteroatoms. The highest BCUT2D eigenvalue weighted by Gasteiger charge is 2.32. The zero-order valence-corrected chi connectivity index (χ0v) is 24.3. The molecule has 1 heterocycles. The fourth-order valence-electron chi connectivity index (χ4n) is 4.54. The molecule has 0 spiro atoms. The molecule has 0 saturated heterocycles. The molecule has 0 aromatic heterocycles. The molecule has 2 aromatic rings. The highest BCUT2D eigenvalue weighted by Crippen LogP contribution is 2.49. The van der Waals surface area contributed by atoms with Crippen molar-refractivity contribution in [1.29, 1.82) is 0 Å². The topological polar surface area (TPSA) is 65.2 Å². The minimum atomic E-state index is -0.963. The van der Waals surface area contributed by atoms with Crippen LogP contribution < -0.4 is 0 Å². The highest BCUT2D eigenvalue weighted by molar-refractivity contribution is 8.04. The Morgan fingerprint density at radius 2 is 1.89 bits per heavy atom. The van der Waals surface area contributed by atoms with E-state index in [0.717, 1.165) is 34.5 Å². The van der Waals surface area contributed by atoms with Crippen LogP contribution in [0.15, 0.2) is 70.1 Å². The molecule has 36 heavy (non-hydrogen) atoms. The summed E-state index contributed by atoms with van der Waals surface area (Å²) in [6.45, 7) is 17.8. The normalized spacial score (nSPS) is 22.0. The molecule has 0 saturated carbocycles. The van der Waals surface area contributed by atoms with Gasteiger partial charge in [-0.3, -0.25) is 9.98 Å². The summed E-state index contributed by atoms with van der Waals surface area (Å²) in [5.74, 6) is 0.601. The van der Waals surface area contributed by atoms with Crippen molar-refractivity contribution in [3.8, 4) is 0 Å². The minimum Gasteiger partial charge on any atom is -0.385 e. The van der Waals surface area contributed by atoms with Crippen LogP contribution in [0, 0.1) is 19.8 Å². The molecule has 0 aliphatic carbocycles. The molecule has 4 unspecified atom stereocenters. The maximum absolute atomic E-state index is 10.3. The van der Waals surface area contributed by atoms with Gasteiger partial charge in [0.2, 0.25) is 0 Å². The van der Waals surface area contributed by atoms with Crippen molar-refractivity contribution in [2.75, 3.05) is 0 Å². The lowest BCUT2D eigenvalue weighted by atomic mass is 9.87. The van der Waals surface area contributed by atoms with Gasteiger partial charge in [0.1, 0.15) is 0 Å². The molecule has 3 rings (SSSR count). The van der Waals surface area contributed by atoms with Crippen LogP contribution >= 0.6 is 20.6 Å². The fraction of sp³-hybridized carbons (Fsp3) is 0.400. The Labute approximate surface area is 222 Å². The molecule has 192 valence electrons. The number of hydrogen-bond donors (Lipinski definition) is 2. The lowest BCUT2D eigenvalue weighted by Crippen LogP contribution is -2.28. The quantitative estimate of drug-likeness (QED) is 0.220. The smallest absolute Gasteiger partial charge is 0.0967 e. The molecule has 4 nitrogen and oxygen atoms in total. The van der Waals surface area contributed by atoms with Crippen LogP contribution in [0.4, 0.5) is 5.69 Å². The van der Waals surface area contributed by atoms with Gasteiger partial charge in [-0.2, -0.15) is 0 Å². The lowest BCUT2D eigenvalue weighted by Gasteiger charge is -2.24. The molecule has 0 bridgehead atoms. The molecule has 0 amide bonds. The summed E-state index contributed by atoms with van der Waals surface area (Å²) in [5, 5.41) is 10.1. The molecule has 2 aromatic carbocycles. The zero-order chi connectivity index (χ0) is 26.6. The Kier molecular flexibility index (Phi) is 9.51. The summed E-state index contributed by atoms with van der Waals surface area (Å²) in [7, 11) is -0.147. The van der Waals surface area contributed by atoms with Crippen molar-refractivity contribution in [1.82, 2.24) is 0 Å². The van der Waals surface area contributed by atoms with E-state index in [0.29, 0.717) is 11.6 Å². The second-order valence-corrected chi connectivity index (χ2v) is 12.7. The molecule has 4 atom stereocenters. The number of aliphatic imine (C=N–C) groups is 2. The first kappa shape index (κ1) is 28.5. The van der Waals surface area contributed by atoms with Crippen molar-refractivity contribution >= 4 is 43.3 Å². The van der Waals surface area contributed by atoms with E-state index in [1.54, 1.807) is 37.9 Å². The first-order chi connectivity index (χ1) is 17.0. The zero-order valence-electron chi connectivity index (χ0n) is 22.5. The second kappa shape index (κ2) is 12.0. The van der Waals surface area contributed by atoms with E-state index in [4.69, 9.17) is 4.99 Å². The van der Waals surface area contributed by atoms with Gasteiger partial charge in [-0.1, -0.05) is 37.8 Å². The molecule has 0 fully saturated rings. The van der Waals surface area contributed by atoms with Crippen LogP contribution in [0.1, 0.15) is 69.2 Å². The summed E-state index contributed by atoms with van der Waals surface area (Å²) in [6, 6.07) is 12.7. The summed E-state index contributed by atoms with van der Waals surface area (Å²) < 4.78 is 0. The summed E-state index contributed by atoms with van der Waals surface area (Å²) in [4.78, 5) is 21.2. The van der Waals surface area contributed by atoms with Crippen LogP contribution in [0.25, 0.3) is 5.57 Å². The number of benzene rings is 2. The number of aryl methyl sites for hydroxylation is 2. The second-order valence-electron chi connectivity index (χ2n) is 10.2. The van der Waals surface area contributed by atoms with E-state index in [2.05, 4.69) is 63.5 Å². The van der Waals surface area contributed by atoms with Crippen LogP contribution in [-0.4, -0.2) is 32.0 Å². The first-order valence-electron chi connectivity index (χ1n) is 12.4. The minimum absolute atomic E-state index is 0.103. The van der Waals surface area contributed by atoms with E-state index < -0.39 is 5.60 Å². The monoisotopic (exact) mass is 522 g/mol. The number of hydrogen-bond acceptors (Lipinski definition) is 5. The summed E-state index contributed by atoms with van der Waals surface area (Å²) in [6.07, 6.45) is 4.50. The third kappa shape index (κ3) is 6.63. The van der Waals surface area contributed by atoms with E-state index in [9.17, 15) is 10.00 Å². The highest BCUT2D eigenvalue weighted by atomic mass is 32.2. The van der Waals surface area contributed by atoms with Crippen molar-refractivity contribution in [3.63, 3.8) is 0 Å². The third-order valence-electron chi connectivity index (χ3n) is 7.00. The summed E-state index contributed by atoms with van der Waals surface area (Å²) in [5.41, 5.74) is 7.37. The van der Waals surface area contributed by atoms with E-state index >= 15 is 0 Å². The molecular weight excluding hydrogens is 483 g/mol. The van der Waals surface area contributed by atoms with Gasteiger partial charge in [-0.05, 0) is 99.9 Å². The average molecular weight is 523 g/mol. The Morgan fingerprint density at radius 3 is 2.50 bits per heavy atom. The largest absolute Gasteiger partial charge is 0.385 e. The SMILES string of the molecule is C=C/C(=C\N=C(/C)C(C)(C)O)c1ccc(/N=C(\C)C2CC(C)c3c(C)cccc3SC2PO)c(C)c1.